The number of esters is 1. The average Bonchev–Trinajstić information content (AvgIpc) is 2.88. The molecule has 1 aromatic carbocycles. The Hall–Kier alpha value is -1.60. The van der Waals surface area contributed by atoms with Gasteiger partial charge in [-0.1, -0.05) is 101 Å². The van der Waals surface area contributed by atoms with E-state index in [0.29, 0.717) is 6.42 Å². The zero-order chi connectivity index (χ0) is 27.8. The molecule has 0 unspecified atom stereocenters. The zero-order valence-corrected chi connectivity index (χ0v) is 23.1. The van der Waals surface area contributed by atoms with Crippen molar-refractivity contribution in [1.29, 1.82) is 0 Å². The Labute approximate surface area is 226 Å². The van der Waals surface area contributed by atoms with Crippen LogP contribution in [0, 0.1) is 0 Å². The normalized spacial score (nSPS) is 23.8. The van der Waals surface area contributed by atoms with Crippen molar-refractivity contribution >= 4 is 16.4 Å². The summed E-state index contributed by atoms with van der Waals surface area (Å²) in [5, 5.41) is 20.2. The summed E-state index contributed by atoms with van der Waals surface area (Å²) in [6.07, 6.45) is 4.98. The highest BCUT2D eigenvalue weighted by molar-refractivity contribution is 7.80. The van der Waals surface area contributed by atoms with E-state index < -0.39 is 53.7 Å². The summed E-state index contributed by atoms with van der Waals surface area (Å²) in [4.78, 5) is 12.7. The number of hydrogen-bond acceptors (Lipinski definition) is 9. The van der Waals surface area contributed by atoms with Gasteiger partial charge in [0.15, 0.2) is 12.4 Å². The van der Waals surface area contributed by atoms with Gasteiger partial charge in [-0.25, -0.2) is 4.18 Å². The molecule has 0 amide bonds. The van der Waals surface area contributed by atoms with Crippen LogP contribution in [0.25, 0.3) is 0 Å². The molecule has 38 heavy (non-hydrogen) atoms. The highest BCUT2D eigenvalue weighted by Gasteiger charge is 2.50. The molecule has 11 heteroatoms. The Morgan fingerprint density at radius 1 is 0.895 bits per heavy atom. The summed E-state index contributed by atoms with van der Waals surface area (Å²) in [5.41, 5.74) is 0.752. The average molecular weight is 561 g/mol. The fraction of sp³-hybridized carbons (Fsp3) is 0.741. The molecule has 218 valence electrons. The van der Waals surface area contributed by atoms with E-state index >= 15 is 0 Å². The van der Waals surface area contributed by atoms with E-state index in [1.807, 2.05) is 6.07 Å². The van der Waals surface area contributed by atoms with E-state index in [2.05, 4.69) is 6.92 Å². The number of rotatable bonds is 19. The lowest BCUT2D eigenvalue weighted by atomic mass is 9.98. The highest BCUT2D eigenvalue weighted by atomic mass is 32.3. The molecule has 0 spiro atoms. The van der Waals surface area contributed by atoms with Crippen LogP contribution < -0.4 is 0 Å². The molecule has 5 atom stereocenters. The smallest absolute Gasteiger partial charge is 0.397 e. The molecular weight excluding hydrogens is 516 g/mol. The third-order valence-electron chi connectivity index (χ3n) is 6.56. The lowest BCUT2D eigenvalue weighted by Gasteiger charge is -2.42. The molecule has 1 aliphatic heterocycles. The van der Waals surface area contributed by atoms with Crippen LogP contribution in [-0.2, 0) is 40.2 Å². The molecule has 0 saturated carbocycles. The third kappa shape index (κ3) is 12.5. The molecular formula is C27H44O10S. The van der Waals surface area contributed by atoms with Gasteiger partial charge < -0.3 is 24.4 Å². The van der Waals surface area contributed by atoms with Gasteiger partial charge in [0.2, 0.25) is 0 Å². The maximum absolute atomic E-state index is 12.7. The van der Waals surface area contributed by atoms with Gasteiger partial charge >= 0.3 is 16.4 Å². The number of aliphatic hydroxyl groups is 2. The molecule has 1 fully saturated rings. The molecule has 10 nitrogen and oxygen atoms in total. The molecule has 0 radical (unpaired) electrons. The minimum atomic E-state index is -5.00. The van der Waals surface area contributed by atoms with Crippen molar-refractivity contribution in [3.8, 4) is 0 Å². The first-order valence-corrected chi connectivity index (χ1v) is 15.1. The first-order chi connectivity index (χ1) is 18.2. The van der Waals surface area contributed by atoms with Crippen molar-refractivity contribution in [3.63, 3.8) is 0 Å². The van der Waals surface area contributed by atoms with Crippen LogP contribution in [0.2, 0.25) is 0 Å². The first-order valence-electron chi connectivity index (χ1n) is 13.7. The summed E-state index contributed by atoms with van der Waals surface area (Å²) >= 11 is 0. The maximum Gasteiger partial charge on any atom is 0.397 e. The Balaban J connectivity index is 1.90. The van der Waals surface area contributed by atoms with Crippen LogP contribution in [0.1, 0.15) is 89.5 Å². The van der Waals surface area contributed by atoms with Crippen LogP contribution in [0.15, 0.2) is 30.3 Å². The van der Waals surface area contributed by atoms with Gasteiger partial charge in [0.05, 0.1) is 13.2 Å². The van der Waals surface area contributed by atoms with Gasteiger partial charge in [-0.05, 0) is 12.0 Å². The molecule has 1 saturated heterocycles. The van der Waals surface area contributed by atoms with E-state index in [-0.39, 0.29) is 13.0 Å². The van der Waals surface area contributed by atoms with Gasteiger partial charge in [-0.3, -0.25) is 9.35 Å². The summed E-state index contributed by atoms with van der Waals surface area (Å²) < 4.78 is 53.5. The summed E-state index contributed by atoms with van der Waals surface area (Å²) in [5.74, 6) is -0.631. The number of unbranched alkanes of at least 4 members (excludes halogenated alkanes) is 10. The van der Waals surface area contributed by atoms with Crippen LogP contribution in [0.5, 0.6) is 0 Å². The second-order valence-corrected chi connectivity index (χ2v) is 10.8. The predicted octanol–water partition coefficient (Wildman–Crippen LogP) is 4.08. The third-order valence-corrected chi connectivity index (χ3v) is 7.02. The van der Waals surface area contributed by atoms with Crippen molar-refractivity contribution in [1.82, 2.24) is 0 Å². The van der Waals surface area contributed by atoms with Crippen molar-refractivity contribution in [2.45, 2.75) is 121 Å². The number of ether oxygens (including phenoxy) is 3. The molecule has 0 aromatic heterocycles. The second-order valence-electron chi connectivity index (χ2n) is 9.74. The van der Waals surface area contributed by atoms with E-state index in [9.17, 15) is 28.0 Å². The monoisotopic (exact) mass is 560 g/mol. The molecule has 2 rings (SSSR count). The lowest BCUT2D eigenvalue weighted by Crippen LogP contribution is -2.61. The Morgan fingerprint density at radius 2 is 1.47 bits per heavy atom. The van der Waals surface area contributed by atoms with Gasteiger partial charge in [0.25, 0.3) is 0 Å². The molecule has 3 N–H and O–H groups in total. The Bertz CT molecular complexity index is 879. The van der Waals surface area contributed by atoms with Crippen molar-refractivity contribution < 1.29 is 46.4 Å². The fourth-order valence-electron chi connectivity index (χ4n) is 4.52. The van der Waals surface area contributed by atoms with Gasteiger partial charge in [0.1, 0.15) is 18.3 Å². The molecule has 0 aliphatic carbocycles. The predicted molar refractivity (Wildman–Crippen MR) is 140 cm³/mol. The number of hydrogen-bond donors (Lipinski definition) is 3. The van der Waals surface area contributed by atoms with Crippen LogP contribution in [0.3, 0.4) is 0 Å². The summed E-state index contributed by atoms with van der Waals surface area (Å²) in [6, 6.07) is 8.98. The van der Waals surface area contributed by atoms with Crippen LogP contribution in [-0.4, -0.2) is 66.5 Å². The van der Waals surface area contributed by atoms with E-state index in [4.69, 9.17) is 18.4 Å². The fourth-order valence-corrected chi connectivity index (χ4v) is 5.04. The molecule has 0 bridgehead atoms. The SMILES string of the molecule is CCCCCCCCCCCCCC(=O)O[C@@H]1[C@@H](OCc2ccccc2)[C@@H](O)O[C@H](CO)[C@H]1OS(=O)(=O)O. The maximum atomic E-state index is 12.7. The highest BCUT2D eigenvalue weighted by Crippen LogP contribution is 2.29. The number of carbonyl (C=O) groups is 1. The zero-order valence-electron chi connectivity index (χ0n) is 22.3. The molecule has 1 aromatic rings. The second kappa shape index (κ2) is 17.9. The van der Waals surface area contributed by atoms with Crippen molar-refractivity contribution in [2.24, 2.45) is 0 Å². The lowest BCUT2D eigenvalue weighted by molar-refractivity contribution is -0.297. The summed E-state index contributed by atoms with van der Waals surface area (Å²) in [6.45, 7) is 1.45. The van der Waals surface area contributed by atoms with E-state index in [0.717, 1.165) is 24.8 Å². The van der Waals surface area contributed by atoms with E-state index in [1.165, 1.54) is 44.9 Å². The van der Waals surface area contributed by atoms with E-state index in [1.54, 1.807) is 24.3 Å². The minimum Gasteiger partial charge on any atom is -0.456 e. The van der Waals surface area contributed by atoms with Crippen LogP contribution >= 0.6 is 0 Å². The molecule has 1 heterocycles. The summed E-state index contributed by atoms with van der Waals surface area (Å²) in [7, 11) is -5.00. The minimum absolute atomic E-state index is 0.000960. The largest absolute Gasteiger partial charge is 0.456 e. The number of benzene rings is 1. The first kappa shape index (κ1) is 32.6. The Kier molecular flexibility index (Phi) is 15.3. The Morgan fingerprint density at radius 3 is 2.03 bits per heavy atom. The topological polar surface area (TPSA) is 149 Å². The van der Waals surface area contributed by atoms with Gasteiger partial charge in [-0.15, -0.1) is 0 Å². The number of carbonyl (C=O) groups excluding carboxylic acids is 1. The van der Waals surface area contributed by atoms with Crippen LogP contribution in [0.4, 0.5) is 0 Å². The van der Waals surface area contributed by atoms with Gasteiger partial charge in [-0.2, -0.15) is 8.42 Å². The van der Waals surface area contributed by atoms with Crippen molar-refractivity contribution in [3.05, 3.63) is 35.9 Å². The standard InChI is InChI=1S/C27H44O10S/c1-2-3-4-5-6-7-8-9-10-11-15-18-23(29)36-25-24(37-38(31,32)33)22(19-28)35-27(30)26(25)34-20-21-16-13-12-14-17-21/h12-14,16-17,22,24-28,30H,2-11,15,18-20H2,1H3,(H,31,32,33)/t22-,24-,25+,26-,27+/m1/s1. The molecule has 1 aliphatic rings. The quantitative estimate of drug-likeness (QED) is 0.128. The van der Waals surface area contributed by atoms with Crippen molar-refractivity contribution in [2.75, 3.05) is 6.61 Å². The van der Waals surface area contributed by atoms with Gasteiger partial charge in [0, 0.05) is 6.42 Å². The number of aliphatic hydroxyl groups excluding tert-OH is 2.